The van der Waals surface area contributed by atoms with Gasteiger partial charge in [0.2, 0.25) is 17.7 Å². The number of carbonyl (C=O) groups is 4. The molecule has 37 heavy (non-hydrogen) atoms. The van der Waals surface area contributed by atoms with Gasteiger partial charge in [0.1, 0.15) is 12.1 Å². The number of hydrogen-bond donors (Lipinski definition) is 4. The van der Waals surface area contributed by atoms with Gasteiger partial charge in [0.25, 0.3) is 0 Å². The molecule has 1 aliphatic heterocycles. The number of carboxylic acids is 1. The van der Waals surface area contributed by atoms with Crippen molar-refractivity contribution >= 4 is 23.9 Å². The predicted octanol–water partition coefficient (Wildman–Crippen LogP) is 2.67. The Kier molecular flexibility index (Phi) is 9.89. The first-order valence-corrected chi connectivity index (χ1v) is 12.7. The number of aliphatic hydroxyl groups excluding tert-OH is 1. The third-order valence-electron chi connectivity index (χ3n) is 7.42. The van der Waals surface area contributed by atoms with E-state index < -0.39 is 72.3 Å². The van der Waals surface area contributed by atoms with Crippen LogP contribution < -0.4 is 10.6 Å². The number of amides is 3. The molecule has 1 heterocycles. The normalized spacial score (nSPS) is 22.2. The summed E-state index contributed by atoms with van der Waals surface area (Å²) in [5.74, 6) is -5.98. The van der Waals surface area contributed by atoms with Gasteiger partial charge >= 0.3 is 12.1 Å². The lowest BCUT2D eigenvalue weighted by molar-refractivity contribution is -0.150. The number of halogens is 2. The zero-order chi connectivity index (χ0) is 28.2. The lowest BCUT2D eigenvalue weighted by Crippen LogP contribution is -2.59. The van der Waals surface area contributed by atoms with Crippen LogP contribution in [0.25, 0.3) is 0 Å². The number of alkyl halides is 2. The van der Waals surface area contributed by atoms with Crippen LogP contribution in [0, 0.1) is 10.8 Å². The summed E-state index contributed by atoms with van der Waals surface area (Å²) in [6.07, 6.45) is 0.727. The Labute approximate surface area is 216 Å². The van der Waals surface area contributed by atoms with E-state index in [1.54, 1.807) is 20.8 Å². The van der Waals surface area contributed by atoms with Crippen molar-refractivity contribution in [3.63, 3.8) is 0 Å². The maximum absolute atomic E-state index is 13.8. The molecule has 1 saturated carbocycles. The Morgan fingerprint density at radius 2 is 1.68 bits per heavy atom. The number of nitrogens with one attached hydrogen (secondary N) is 2. The van der Waals surface area contributed by atoms with Gasteiger partial charge < -0.3 is 30.5 Å². The van der Waals surface area contributed by atoms with E-state index in [1.165, 1.54) is 12.0 Å². The Balaban J connectivity index is 2.36. The molecule has 3 amide bonds. The fourth-order valence-electron chi connectivity index (χ4n) is 5.35. The summed E-state index contributed by atoms with van der Waals surface area (Å²) in [5, 5.41) is 24.4. The maximum Gasteiger partial charge on any atom is 0.407 e. The van der Waals surface area contributed by atoms with Gasteiger partial charge in [-0.3, -0.25) is 9.59 Å². The van der Waals surface area contributed by atoms with Crippen LogP contribution in [-0.4, -0.2) is 82.8 Å². The number of aliphatic carboxylic acids is 1. The number of methoxy groups -OCH3 is 1. The molecule has 1 spiro atoms. The molecular formula is C25H41F2N3O7. The number of hydrogen-bond acceptors (Lipinski definition) is 6. The molecular weight excluding hydrogens is 492 g/mol. The van der Waals surface area contributed by atoms with Crippen LogP contribution in [-0.2, 0) is 19.1 Å². The zero-order valence-electron chi connectivity index (χ0n) is 22.3. The van der Waals surface area contributed by atoms with Crippen molar-refractivity contribution in [3.05, 3.63) is 0 Å². The van der Waals surface area contributed by atoms with Crippen LogP contribution in [0.4, 0.5) is 13.6 Å². The third kappa shape index (κ3) is 8.24. The highest BCUT2D eigenvalue weighted by atomic mass is 19.3. The van der Waals surface area contributed by atoms with E-state index in [1.807, 2.05) is 0 Å². The van der Waals surface area contributed by atoms with E-state index in [9.17, 15) is 38.2 Å². The van der Waals surface area contributed by atoms with Gasteiger partial charge in [-0.1, -0.05) is 40.0 Å². The molecule has 2 fully saturated rings. The van der Waals surface area contributed by atoms with Crippen molar-refractivity contribution in [2.45, 2.75) is 109 Å². The summed E-state index contributed by atoms with van der Waals surface area (Å²) in [4.78, 5) is 52.1. The van der Waals surface area contributed by atoms with Crippen LogP contribution in [0.3, 0.4) is 0 Å². The number of aliphatic hydroxyl groups is 1. The number of ether oxygens (including phenoxy) is 1. The molecule has 0 aromatic heterocycles. The van der Waals surface area contributed by atoms with Gasteiger partial charge in [0.05, 0.1) is 13.2 Å². The highest BCUT2D eigenvalue weighted by Gasteiger charge is 2.51. The molecule has 1 saturated heterocycles. The number of rotatable bonds is 9. The minimum absolute atomic E-state index is 0.276. The molecule has 0 aromatic rings. The van der Waals surface area contributed by atoms with Crippen molar-refractivity contribution in [3.8, 4) is 0 Å². The molecule has 0 radical (unpaired) electrons. The highest BCUT2D eigenvalue weighted by molar-refractivity contribution is 5.93. The van der Waals surface area contributed by atoms with Crippen molar-refractivity contribution in [1.82, 2.24) is 15.5 Å². The first-order chi connectivity index (χ1) is 17.0. The van der Waals surface area contributed by atoms with Crippen LogP contribution in [0.1, 0.15) is 79.1 Å². The Morgan fingerprint density at radius 1 is 1.08 bits per heavy atom. The molecule has 1 aliphatic carbocycles. The zero-order valence-corrected chi connectivity index (χ0v) is 22.3. The number of nitrogens with zero attached hydrogens (tertiary/aromatic N) is 1. The summed E-state index contributed by atoms with van der Waals surface area (Å²) >= 11 is 0. The van der Waals surface area contributed by atoms with E-state index >= 15 is 0 Å². The summed E-state index contributed by atoms with van der Waals surface area (Å²) in [5.41, 5.74) is -1.05. The summed E-state index contributed by atoms with van der Waals surface area (Å²) < 4.78 is 31.7. The maximum atomic E-state index is 13.8. The minimum atomic E-state index is -3.12. The molecule has 2 aliphatic rings. The molecule has 4 atom stereocenters. The highest BCUT2D eigenvalue weighted by Crippen LogP contribution is 2.47. The minimum Gasteiger partial charge on any atom is -0.479 e. The first kappa shape index (κ1) is 30.7. The number of carboxylic acid groups (broad SMARTS) is 1. The monoisotopic (exact) mass is 533 g/mol. The quantitative estimate of drug-likeness (QED) is 0.357. The Bertz CT molecular complexity index is 850. The summed E-state index contributed by atoms with van der Waals surface area (Å²) in [7, 11) is 1.18. The number of carbonyl (C=O) groups excluding carboxylic acids is 3. The summed E-state index contributed by atoms with van der Waals surface area (Å²) in [6.45, 7) is 6.23. The van der Waals surface area contributed by atoms with Gasteiger partial charge in [0, 0.05) is 13.0 Å². The van der Waals surface area contributed by atoms with Gasteiger partial charge in [-0.2, -0.15) is 0 Å². The number of alkyl carbamates (subject to hydrolysis) is 1. The third-order valence-corrected chi connectivity index (χ3v) is 7.42. The van der Waals surface area contributed by atoms with Crippen LogP contribution >= 0.6 is 0 Å². The molecule has 12 heteroatoms. The average Bonchev–Trinajstić information content (AvgIpc) is 3.16. The lowest BCUT2D eigenvalue weighted by Gasteiger charge is -2.36. The van der Waals surface area contributed by atoms with Gasteiger partial charge in [0.15, 0.2) is 6.10 Å². The topological polar surface area (TPSA) is 145 Å². The molecule has 3 unspecified atom stereocenters. The second-order valence-corrected chi connectivity index (χ2v) is 11.7. The number of likely N-dealkylation sites (tertiary alicyclic amines) is 1. The lowest BCUT2D eigenvalue weighted by atomic mass is 9.72. The van der Waals surface area contributed by atoms with E-state index in [4.69, 9.17) is 0 Å². The fraction of sp³-hybridized carbons (Fsp3) is 0.840. The largest absolute Gasteiger partial charge is 0.479 e. The van der Waals surface area contributed by atoms with Crippen molar-refractivity contribution in [2.24, 2.45) is 10.8 Å². The molecule has 0 bridgehead atoms. The van der Waals surface area contributed by atoms with Crippen LogP contribution in [0.15, 0.2) is 0 Å². The molecule has 10 nitrogen and oxygen atoms in total. The molecule has 4 N–H and O–H groups in total. The predicted molar refractivity (Wildman–Crippen MR) is 130 cm³/mol. The van der Waals surface area contributed by atoms with E-state index in [2.05, 4.69) is 15.4 Å². The Hall–Kier alpha value is -2.50. The van der Waals surface area contributed by atoms with E-state index in [-0.39, 0.29) is 12.0 Å². The van der Waals surface area contributed by atoms with E-state index in [0.29, 0.717) is 13.3 Å². The molecule has 212 valence electrons. The van der Waals surface area contributed by atoms with Gasteiger partial charge in [-0.25, -0.2) is 18.4 Å². The van der Waals surface area contributed by atoms with E-state index in [0.717, 1.165) is 32.1 Å². The molecule has 0 aromatic carbocycles. The average molecular weight is 534 g/mol. The second kappa shape index (κ2) is 11.9. The van der Waals surface area contributed by atoms with Gasteiger partial charge in [-0.05, 0) is 43.4 Å². The smallest absolute Gasteiger partial charge is 0.407 e. The standard InChI is InChI=1S/C25H41F2N3O7/c1-23(2,3)18(29-22(36)37-5)20(33)30-14-25(10-7-6-8-11-25)13-16(30)19(32)28-15(17(31)21(34)35)9-12-24(4,26)27/h15-18,31H,6-14H2,1-5H3,(H,28,32)(H,29,36)(H,34,35)/t15-,16?,17?,18?/m0/s1. The van der Waals surface area contributed by atoms with Crippen molar-refractivity contribution < 1.29 is 42.9 Å². The Morgan fingerprint density at radius 3 is 2.16 bits per heavy atom. The van der Waals surface area contributed by atoms with Crippen molar-refractivity contribution in [1.29, 1.82) is 0 Å². The van der Waals surface area contributed by atoms with Crippen LogP contribution in [0.5, 0.6) is 0 Å². The fourth-order valence-corrected chi connectivity index (χ4v) is 5.35. The van der Waals surface area contributed by atoms with Crippen LogP contribution in [0.2, 0.25) is 0 Å². The SMILES string of the molecule is COC(=O)NC(C(=O)N1CC2(CCCCC2)CC1C(=O)N[C@@H](CCC(C)(F)F)C(O)C(=O)O)C(C)(C)C. The molecule has 2 rings (SSSR count). The summed E-state index contributed by atoms with van der Waals surface area (Å²) in [6, 6.07) is -3.50. The second-order valence-electron chi connectivity index (χ2n) is 11.7. The van der Waals surface area contributed by atoms with Gasteiger partial charge in [-0.15, -0.1) is 0 Å². The first-order valence-electron chi connectivity index (χ1n) is 12.7. The van der Waals surface area contributed by atoms with Crippen molar-refractivity contribution in [2.75, 3.05) is 13.7 Å².